The lowest BCUT2D eigenvalue weighted by Gasteiger charge is -2.38. The zero-order valence-corrected chi connectivity index (χ0v) is 13.7. The summed E-state index contributed by atoms with van der Waals surface area (Å²) >= 11 is 6.00. The van der Waals surface area contributed by atoms with E-state index in [9.17, 15) is 4.79 Å². The number of amides is 1. The molecule has 1 aliphatic heterocycles. The normalized spacial score (nSPS) is 17.2. The number of nitrogen functional groups attached to an aromatic ring is 1. The number of para-hydroxylation sites is 1. The Morgan fingerprint density at radius 3 is 2.57 bits per heavy atom. The van der Waals surface area contributed by atoms with Gasteiger partial charge in [0.1, 0.15) is 0 Å². The number of anilines is 1. The molecule has 2 rings (SSSR count). The standard InChI is InChI=1S/C16H24ClN3O/c1-11(2)20-9-7-12(8-10-20)19(3)16(21)13-5-4-6-14(17)15(13)18/h4-6,11-12H,7-10,18H2,1-3H3. The van der Waals surface area contributed by atoms with Crippen molar-refractivity contribution in [2.75, 3.05) is 25.9 Å². The van der Waals surface area contributed by atoms with E-state index in [0.717, 1.165) is 25.9 Å². The minimum absolute atomic E-state index is 0.0435. The molecule has 0 bridgehead atoms. The van der Waals surface area contributed by atoms with Crippen molar-refractivity contribution in [1.29, 1.82) is 0 Å². The third kappa shape index (κ3) is 3.50. The van der Waals surface area contributed by atoms with Gasteiger partial charge in [-0.05, 0) is 38.8 Å². The molecular formula is C16H24ClN3O. The summed E-state index contributed by atoms with van der Waals surface area (Å²) in [5.41, 5.74) is 6.79. The molecule has 1 amide bonds. The molecule has 0 radical (unpaired) electrons. The average Bonchev–Trinajstić information content (AvgIpc) is 2.48. The number of nitrogens with zero attached hydrogens (tertiary/aromatic N) is 2. The van der Waals surface area contributed by atoms with E-state index < -0.39 is 0 Å². The third-order valence-electron chi connectivity index (χ3n) is 4.38. The van der Waals surface area contributed by atoms with E-state index in [1.54, 1.807) is 18.2 Å². The van der Waals surface area contributed by atoms with Gasteiger partial charge in [-0.1, -0.05) is 17.7 Å². The van der Waals surface area contributed by atoms with E-state index in [1.807, 2.05) is 11.9 Å². The molecule has 1 heterocycles. The highest BCUT2D eigenvalue weighted by molar-refractivity contribution is 6.33. The summed E-state index contributed by atoms with van der Waals surface area (Å²) in [4.78, 5) is 16.9. The van der Waals surface area contributed by atoms with E-state index in [1.165, 1.54) is 0 Å². The fraction of sp³-hybridized carbons (Fsp3) is 0.562. The first-order valence-corrected chi connectivity index (χ1v) is 7.84. The summed E-state index contributed by atoms with van der Waals surface area (Å²) in [6, 6.07) is 6.04. The van der Waals surface area contributed by atoms with Gasteiger partial charge in [0.2, 0.25) is 0 Å². The minimum atomic E-state index is -0.0435. The third-order valence-corrected chi connectivity index (χ3v) is 4.71. The second kappa shape index (κ2) is 6.67. The lowest BCUT2D eigenvalue weighted by atomic mass is 10.0. The molecule has 21 heavy (non-hydrogen) atoms. The monoisotopic (exact) mass is 309 g/mol. The van der Waals surface area contributed by atoms with Crippen LogP contribution >= 0.6 is 11.6 Å². The number of hydrogen-bond acceptors (Lipinski definition) is 3. The van der Waals surface area contributed by atoms with Crippen LogP contribution in [-0.4, -0.2) is 47.9 Å². The van der Waals surface area contributed by atoms with Gasteiger partial charge in [0.25, 0.3) is 5.91 Å². The Morgan fingerprint density at radius 1 is 1.38 bits per heavy atom. The molecule has 1 saturated heterocycles. The van der Waals surface area contributed by atoms with E-state index in [4.69, 9.17) is 17.3 Å². The largest absolute Gasteiger partial charge is 0.397 e. The molecular weight excluding hydrogens is 286 g/mol. The maximum absolute atomic E-state index is 12.6. The van der Waals surface area contributed by atoms with Crippen LogP contribution in [0.15, 0.2) is 18.2 Å². The predicted molar refractivity (Wildman–Crippen MR) is 87.7 cm³/mol. The number of carbonyl (C=O) groups is 1. The van der Waals surface area contributed by atoms with Gasteiger partial charge in [-0.25, -0.2) is 0 Å². The molecule has 5 heteroatoms. The van der Waals surface area contributed by atoms with Crippen molar-refractivity contribution < 1.29 is 4.79 Å². The minimum Gasteiger partial charge on any atom is -0.397 e. The first-order valence-electron chi connectivity index (χ1n) is 7.47. The fourth-order valence-electron chi connectivity index (χ4n) is 2.87. The van der Waals surface area contributed by atoms with Crippen LogP contribution < -0.4 is 5.73 Å². The van der Waals surface area contributed by atoms with E-state index >= 15 is 0 Å². The van der Waals surface area contributed by atoms with Crippen molar-refractivity contribution in [3.8, 4) is 0 Å². The van der Waals surface area contributed by atoms with Crippen LogP contribution in [0.25, 0.3) is 0 Å². The summed E-state index contributed by atoms with van der Waals surface area (Å²) in [7, 11) is 1.86. The van der Waals surface area contributed by atoms with Gasteiger partial charge in [-0.3, -0.25) is 4.79 Å². The van der Waals surface area contributed by atoms with Crippen LogP contribution in [0, 0.1) is 0 Å². The highest BCUT2D eigenvalue weighted by atomic mass is 35.5. The summed E-state index contributed by atoms with van der Waals surface area (Å²) in [6.45, 7) is 6.49. The van der Waals surface area contributed by atoms with Gasteiger partial charge < -0.3 is 15.5 Å². The molecule has 4 nitrogen and oxygen atoms in total. The molecule has 0 aliphatic carbocycles. The zero-order chi connectivity index (χ0) is 15.6. The number of nitrogens with two attached hydrogens (primary N) is 1. The highest BCUT2D eigenvalue weighted by Crippen LogP contribution is 2.25. The maximum Gasteiger partial charge on any atom is 0.255 e. The fourth-order valence-corrected chi connectivity index (χ4v) is 3.04. The van der Waals surface area contributed by atoms with Crippen molar-refractivity contribution in [2.24, 2.45) is 0 Å². The van der Waals surface area contributed by atoms with Gasteiger partial charge in [-0.2, -0.15) is 0 Å². The van der Waals surface area contributed by atoms with Gasteiger partial charge in [-0.15, -0.1) is 0 Å². The average molecular weight is 310 g/mol. The Balaban J connectivity index is 2.05. The van der Waals surface area contributed by atoms with Crippen molar-refractivity contribution in [3.05, 3.63) is 28.8 Å². The summed E-state index contributed by atoms with van der Waals surface area (Å²) in [6.07, 6.45) is 2.00. The quantitative estimate of drug-likeness (QED) is 0.874. The zero-order valence-electron chi connectivity index (χ0n) is 13.0. The van der Waals surface area contributed by atoms with E-state index in [2.05, 4.69) is 18.7 Å². The van der Waals surface area contributed by atoms with Crippen molar-refractivity contribution >= 4 is 23.2 Å². The lowest BCUT2D eigenvalue weighted by molar-refractivity contribution is 0.0616. The second-order valence-corrected chi connectivity index (χ2v) is 6.39. The molecule has 0 unspecified atom stereocenters. The number of rotatable bonds is 3. The molecule has 0 atom stereocenters. The smallest absolute Gasteiger partial charge is 0.255 e. The Bertz CT molecular complexity index is 510. The van der Waals surface area contributed by atoms with Crippen molar-refractivity contribution in [2.45, 2.75) is 38.8 Å². The van der Waals surface area contributed by atoms with Gasteiger partial charge in [0.15, 0.2) is 0 Å². The highest BCUT2D eigenvalue weighted by Gasteiger charge is 2.27. The number of carbonyl (C=O) groups excluding carboxylic acids is 1. The number of hydrogen-bond donors (Lipinski definition) is 1. The molecule has 1 aromatic carbocycles. The lowest BCUT2D eigenvalue weighted by Crippen LogP contribution is -2.47. The molecule has 116 valence electrons. The molecule has 1 fully saturated rings. The first-order chi connectivity index (χ1) is 9.91. The van der Waals surface area contributed by atoms with Crippen molar-refractivity contribution in [1.82, 2.24) is 9.80 Å². The summed E-state index contributed by atoms with van der Waals surface area (Å²) < 4.78 is 0. The van der Waals surface area contributed by atoms with Crippen LogP contribution in [0.3, 0.4) is 0 Å². The number of benzene rings is 1. The van der Waals surface area contributed by atoms with Crippen LogP contribution in [0.2, 0.25) is 5.02 Å². The Kier molecular flexibility index (Phi) is 5.12. The van der Waals surface area contributed by atoms with Gasteiger partial charge in [0, 0.05) is 32.2 Å². The summed E-state index contributed by atoms with van der Waals surface area (Å²) in [5.74, 6) is -0.0435. The number of likely N-dealkylation sites (tertiary alicyclic amines) is 1. The van der Waals surface area contributed by atoms with Crippen LogP contribution in [-0.2, 0) is 0 Å². The van der Waals surface area contributed by atoms with E-state index in [-0.39, 0.29) is 11.9 Å². The maximum atomic E-state index is 12.6. The van der Waals surface area contributed by atoms with Crippen LogP contribution in [0.1, 0.15) is 37.0 Å². The Morgan fingerprint density at radius 2 is 2.00 bits per heavy atom. The number of halogens is 1. The van der Waals surface area contributed by atoms with Crippen LogP contribution in [0.4, 0.5) is 5.69 Å². The topological polar surface area (TPSA) is 49.6 Å². The first kappa shape index (κ1) is 16.1. The number of piperidine rings is 1. The Hall–Kier alpha value is -1.26. The Labute approximate surface area is 131 Å². The van der Waals surface area contributed by atoms with Gasteiger partial charge >= 0.3 is 0 Å². The summed E-state index contributed by atoms with van der Waals surface area (Å²) in [5, 5.41) is 0.434. The van der Waals surface area contributed by atoms with Crippen molar-refractivity contribution in [3.63, 3.8) is 0 Å². The molecule has 1 aliphatic rings. The predicted octanol–water partition coefficient (Wildman–Crippen LogP) is 2.87. The molecule has 0 saturated carbocycles. The molecule has 0 spiro atoms. The SMILES string of the molecule is CC(C)N1CCC(N(C)C(=O)c2cccc(Cl)c2N)CC1. The second-order valence-electron chi connectivity index (χ2n) is 5.98. The van der Waals surface area contributed by atoms with E-state index in [0.29, 0.717) is 22.3 Å². The van der Waals surface area contributed by atoms with Gasteiger partial charge in [0.05, 0.1) is 16.3 Å². The molecule has 1 aromatic rings. The molecule has 2 N–H and O–H groups in total. The molecule has 0 aromatic heterocycles. The van der Waals surface area contributed by atoms with Crippen LogP contribution in [0.5, 0.6) is 0 Å².